The van der Waals surface area contributed by atoms with Crippen LogP contribution in [-0.2, 0) is 9.84 Å². The second-order valence-corrected chi connectivity index (χ2v) is 7.82. The number of nitrogens with two attached hydrogens (primary N) is 1. The van der Waals surface area contributed by atoms with Crippen LogP contribution in [0.15, 0.2) is 41.3 Å². The summed E-state index contributed by atoms with van der Waals surface area (Å²) in [6, 6.07) is 9.88. The Bertz CT molecular complexity index is 881. The van der Waals surface area contributed by atoms with Crippen LogP contribution in [0.3, 0.4) is 0 Å². The molecule has 0 radical (unpaired) electrons. The van der Waals surface area contributed by atoms with Crippen molar-refractivity contribution in [3.63, 3.8) is 0 Å². The number of hydrogen-bond acceptors (Lipinski definition) is 5. The first-order valence-electron chi connectivity index (χ1n) is 7.78. The van der Waals surface area contributed by atoms with Gasteiger partial charge in [0.2, 0.25) is 0 Å². The number of sulfone groups is 1. The highest BCUT2D eigenvalue weighted by Gasteiger charge is 2.17. The van der Waals surface area contributed by atoms with Gasteiger partial charge in [0.15, 0.2) is 9.84 Å². The van der Waals surface area contributed by atoms with E-state index in [1.165, 1.54) is 6.07 Å². The summed E-state index contributed by atoms with van der Waals surface area (Å²) in [4.78, 5) is 12.7. The minimum Gasteiger partial charge on any atom is -0.492 e. The van der Waals surface area contributed by atoms with Gasteiger partial charge in [-0.05, 0) is 61.4 Å². The van der Waals surface area contributed by atoms with Gasteiger partial charge in [0.1, 0.15) is 12.4 Å². The van der Waals surface area contributed by atoms with Gasteiger partial charge in [-0.25, -0.2) is 8.42 Å². The molecule has 2 rings (SSSR count). The number of rotatable bonds is 6. The lowest BCUT2D eigenvalue weighted by atomic mass is 10.0. The SMILES string of the molecule is Cc1cc(S(C)(=O)=O)cc(C(=O)Nc2ccc(OCCN)cc2)c1C.Cl. The highest BCUT2D eigenvalue weighted by molar-refractivity contribution is 7.90. The van der Waals surface area contributed by atoms with E-state index in [0.717, 1.165) is 17.4 Å². The highest BCUT2D eigenvalue weighted by Crippen LogP contribution is 2.22. The standard InChI is InChI=1S/C18H22N2O4S.ClH/c1-12-10-16(25(3,22)23)11-17(13(12)2)18(21)20-14-4-6-15(7-5-14)24-9-8-19;/h4-7,10-11H,8-9,19H2,1-3H3,(H,20,21);1H. The number of halogens is 1. The molecule has 0 heterocycles. The van der Waals surface area contributed by atoms with E-state index in [1.807, 2.05) is 0 Å². The zero-order valence-electron chi connectivity index (χ0n) is 14.9. The first-order valence-corrected chi connectivity index (χ1v) is 9.67. The summed E-state index contributed by atoms with van der Waals surface area (Å²) in [6.07, 6.45) is 1.12. The first-order chi connectivity index (χ1) is 11.7. The van der Waals surface area contributed by atoms with Crippen molar-refractivity contribution in [2.75, 3.05) is 24.7 Å². The van der Waals surface area contributed by atoms with E-state index in [0.29, 0.717) is 30.2 Å². The van der Waals surface area contributed by atoms with Crippen molar-refractivity contribution in [1.29, 1.82) is 0 Å². The minimum absolute atomic E-state index is 0. The average molecular weight is 399 g/mol. The van der Waals surface area contributed by atoms with Crippen LogP contribution >= 0.6 is 12.4 Å². The van der Waals surface area contributed by atoms with Gasteiger partial charge >= 0.3 is 0 Å². The largest absolute Gasteiger partial charge is 0.492 e. The molecule has 26 heavy (non-hydrogen) atoms. The van der Waals surface area contributed by atoms with Gasteiger partial charge in [0.05, 0.1) is 4.90 Å². The maximum atomic E-state index is 12.6. The zero-order valence-corrected chi connectivity index (χ0v) is 16.5. The predicted octanol–water partition coefficient (Wildman–Crippen LogP) is 2.72. The molecule has 0 saturated carbocycles. The number of carbonyl (C=O) groups is 1. The predicted molar refractivity (Wildman–Crippen MR) is 105 cm³/mol. The molecule has 1 amide bonds. The monoisotopic (exact) mass is 398 g/mol. The number of anilines is 1. The number of benzene rings is 2. The normalized spacial score (nSPS) is 10.8. The number of amides is 1. The zero-order chi connectivity index (χ0) is 18.6. The van der Waals surface area contributed by atoms with E-state index in [1.54, 1.807) is 44.2 Å². The van der Waals surface area contributed by atoms with Gasteiger partial charge in [0.25, 0.3) is 5.91 Å². The molecule has 0 bridgehead atoms. The molecule has 0 aromatic heterocycles. The minimum atomic E-state index is -3.39. The van der Waals surface area contributed by atoms with Crippen molar-refractivity contribution in [3.05, 3.63) is 53.1 Å². The fourth-order valence-electron chi connectivity index (χ4n) is 2.29. The van der Waals surface area contributed by atoms with Gasteiger partial charge in [-0.2, -0.15) is 0 Å². The van der Waals surface area contributed by atoms with Crippen LogP contribution in [0.2, 0.25) is 0 Å². The Hall–Kier alpha value is -2.09. The summed E-state index contributed by atoms with van der Waals surface area (Å²) in [7, 11) is -3.39. The molecule has 0 atom stereocenters. The lowest BCUT2D eigenvalue weighted by molar-refractivity contribution is 0.102. The number of nitrogens with one attached hydrogen (secondary N) is 1. The van der Waals surface area contributed by atoms with Crippen molar-refractivity contribution in [3.8, 4) is 5.75 Å². The second kappa shape index (κ2) is 9.02. The second-order valence-electron chi connectivity index (χ2n) is 5.80. The fraction of sp³-hybridized carbons (Fsp3) is 0.278. The molecule has 0 saturated heterocycles. The third kappa shape index (κ3) is 5.45. The van der Waals surface area contributed by atoms with Gasteiger partial charge in [-0.3, -0.25) is 4.79 Å². The molecule has 0 spiro atoms. The molecule has 8 heteroatoms. The first kappa shape index (κ1) is 22.0. The number of ether oxygens (including phenoxy) is 1. The Kier molecular flexibility index (Phi) is 7.62. The summed E-state index contributed by atoms with van der Waals surface area (Å²) in [5, 5.41) is 2.77. The Morgan fingerprint density at radius 3 is 2.31 bits per heavy atom. The summed E-state index contributed by atoms with van der Waals surface area (Å²) in [6.45, 7) is 4.42. The number of carbonyl (C=O) groups excluding carboxylic acids is 1. The smallest absolute Gasteiger partial charge is 0.255 e. The van der Waals surface area contributed by atoms with Gasteiger partial charge in [-0.15, -0.1) is 12.4 Å². The molecule has 0 aliphatic carbocycles. The molecule has 6 nitrogen and oxygen atoms in total. The molecule has 0 fully saturated rings. The maximum Gasteiger partial charge on any atom is 0.255 e. The van der Waals surface area contributed by atoms with Gasteiger partial charge in [-0.1, -0.05) is 0 Å². The van der Waals surface area contributed by atoms with E-state index in [2.05, 4.69) is 5.32 Å². The Morgan fingerprint density at radius 2 is 1.77 bits per heavy atom. The molecule has 2 aromatic rings. The number of hydrogen-bond donors (Lipinski definition) is 2. The van der Waals surface area contributed by atoms with Crippen LogP contribution in [0.4, 0.5) is 5.69 Å². The fourth-order valence-corrected chi connectivity index (χ4v) is 3.01. The third-order valence-electron chi connectivity index (χ3n) is 3.81. The Labute approximate surface area is 160 Å². The average Bonchev–Trinajstić information content (AvgIpc) is 2.55. The van der Waals surface area contributed by atoms with Crippen molar-refractivity contribution in [1.82, 2.24) is 0 Å². The lowest BCUT2D eigenvalue weighted by Crippen LogP contribution is -2.15. The van der Waals surface area contributed by atoms with Crippen LogP contribution in [0, 0.1) is 13.8 Å². The topological polar surface area (TPSA) is 98.5 Å². The van der Waals surface area contributed by atoms with E-state index >= 15 is 0 Å². The van der Waals surface area contributed by atoms with Crippen molar-refractivity contribution in [2.24, 2.45) is 5.73 Å². The molecule has 0 aliphatic heterocycles. The van der Waals surface area contributed by atoms with Crippen LogP contribution < -0.4 is 15.8 Å². The van der Waals surface area contributed by atoms with E-state index in [-0.39, 0.29) is 23.2 Å². The van der Waals surface area contributed by atoms with Crippen LogP contribution in [0.1, 0.15) is 21.5 Å². The van der Waals surface area contributed by atoms with Gasteiger partial charge < -0.3 is 15.8 Å². The van der Waals surface area contributed by atoms with E-state index in [4.69, 9.17) is 10.5 Å². The van der Waals surface area contributed by atoms with Crippen LogP contribution in [0.25, 0.3) is 0 Å². The van der Waals surface area contributed by atoms with Crippen molar-refractivity contribution in [2.45, 2.75) is 18.7 Å². The molecule has 3 N–H and O–H groups in total. The molecule has 0 unspecified atom stereocenters. The van der Waals surface area contributed by atoms with Crippen LogP contribution in [0.5, 0.6) is 5.75 Å². The van der Waals surface area contributed by atoms with Crippen molar-refractivity contribution < 1.29 is 17.9 Å². The van der Waals surface area contributed by atoms with E-state index in [9.17, 15) is 13.2 Å². The molecule has 2 aromatic carbocycles. The summed E-state index contributed by atoms with van der Waals surface area (Å²) in [5.74, 6) is 0.302. The molecule has 0 aliphatic rings. The summed E-state index contributed by atoms with van der Waals surface area (Å²) in [5.41, 5.74) is 7.80. The third-order valence-corrected chi connectivity index (χ3v) is 4.90. The Balaban J connectivity index is 0.00000338. The summed E-state index contributed by atoms with van der Waals surface area (Å²) < 4.78 is 29.0. The van der Waals surface area contributed by atoms with Crippen LogP contribution in [-0.4, -0.2) is 33.7 Å². The van der Waals surface area contributed by atoms with E-state index < -0.39 is 9.84 Å². The quantitative estimate of drug-likeness (QED) is 0.779. The highest BCUT2D eigenvalue weighted by atomic mass is 35.5. The van der Waals surface area contributed by atoms with Gasteiger partial charge in [0, 0.05) is 24.1 Å². The number of aryl methyl sites for hydroxylation is 1. The molecular weight excluding hydrogens is 376 g/mol. The van der Waals surface area contributed by atoms with Crippen molar-refractivity contribution >= 4 is 33.8 Å². The maximum absolute atomic E-state index is 12.6. The molecular formula is C18H23ClN2O4S. The summed E-state index contributed by atoms with van der Waals surface area (Å²) >= 11 is 0. The lowest BCUT2D eigenvalue weighted by Gasteiger charge is -2.12. The molecule has 142 valence electrons. The Morgan fingerprint density at radius 1 is 1.15 bits per heavy atom.